The molecular formula is C16H23N. The second kappa shape index (κ2) is 6.02. The molecule has 0 unspecified atom stereocenters. The topological polar surface area (TPSA) is 26.0 Å². The van der Waals surface area contributed by atoms with Crippen molar-refractivity contribution in [1.29, 1.82) is 0 Å². The Morgan fingerprint density at radius 2 is 2.06 bits per heavy atom. The second-order valence-corrected chi connectivity index (χ2v) is 5.17. The molecule has 0 spiro atoms. The first-order valence-corrected chi connectivity index (χ1v) is 6.77. The number of hydrogen-bond acceptors (Lipinski definition) is 1. The third kappa shape index (κ3) is 3.44. The highest BCUT2D eigenvalue weighted by Gasteiger charge is 2.16. The molecule has 0 aromatic heterocycles. The van der Waals surface area contributed by atoms with E-state index in [9.17, 15) is 0 Å². The highest BCUT2D eigenvalue weighted by Crippen LogP contribution is 2.30. The van der Waals surface area contributed by atoms with Crippen molar-refractivity contribution in [3.8, 4) is 0 Å². The number of aryl methyl sites for hydroxylation is 1. The number of hydrogen-bond donors (Lipinski definition) is 1. The molecular weight excluding hydrogens is 206 g/mol. The molecule has 1 aromatic carbocycles. The van der Waals surface area contributed by atoms with Crippen molar-refractivity contribution in [2.75, 3.05) is 6.54 Å². The molecule has 1 nitrogen and oxygen atoms in total. The zero-order chi connectivity index (χ0) is 12.1. The van der Waals surface area contributed by atoms with Crippen LogP contribution in [0.4, 0.5) is 0 Å². The first-order chi connectivity index (χ1) is 8.29. The van der Waals surface area contributed by atoms with Crippen LogP contribution >= 0.6 is 0 Å². The van der Waals surface area contributed by atoms with Gasteiger partial charge in [0.2, 0.25) is 0 Å². The lowest BCUT2D eigenvalue weighted by molar-refractivity contribution is 0.401. The SMILES string of the molecule is Cc1cccc(C=C(CN)C2CCCCC2)c1. The summed E-state index contributed by atoms with van der Waals surface area (Å²) in [7, 11) is 0. The minimum absolute atomic E-state index is 0.707. The van der Waals surface area contributed by atoms with E-state index in [-0.39, 0.29) is 0 Å². The van der Waals surface area contributed by atoms with E-state index in [0.29, 0.717) is 6.54 Å². The summed E-state index contributed by atoms with van der Waals surface area (Å²) in [6, 6.07) is 8.67. The number of benzene rings is 1. The molecule has 1 saturated carbocycles. The van der Waals surface area contributed by atoms with Crippen LogP contribution in [0.25, 0.3) is 6.08 Å². The van der Waals surface area contributed by atoms with Gasteiger partial charge in [-0.25, -0.2) is 0 Å². The van der Waals surface area contributed by atoms with Crippen LogP contribution < -0.4 is 5.73 Å². The van der Waals surface area contributed by atoms with E-state index in [1.54, 1.807) is 0 Å². The van der Waals surface area contributed by atoms with Gasteiger partial charge in [-0.3, -0.25) is 0 Å². The Kier molecular flexibility index (Phi) is 4.38. The van der Waals surface area contributed by atoms with Gasteiger partial charge < -0.3 is 5.73 Å². The van der Waals surface area contributed by atoms with Crippen LogP contribution in [0, 0.1) is 12.8 Å². The largest absolute Gasteiger partial charge is 0.327 e. The van der Waals surface area contributed by atoms with Crippen LogP contribution in [0.3, 0.4) is 0 Å². The Morgan fingerprint density at radius 1 is 1.29 bits per heavy atom. The van der Waals surface area contributed by atoms with Gasteiger partial charge in [-0.05, 0) is 31.2 Å². The maximum atomic E-state index is 5.92. The third-order valence-electron chi connectivity index (χ3n) is 3.76. The Labute approximate surface area is 105 Å². The lowest BCUT2D eigenvalue weighted by Crippen LogP contribution is -2.16. The zero-order valence-electron chi connectivity index (χ0n) is 10.8. The zero-order valence-corrected chi connectivity index (χ0v) is 10.8. The minimum Gasteiger partial charge on any atom is -0.327 e. The molecule has 1 aromatic rings. The summed E-state index contributed by atoms with van der Waals surface area (Å²) >= 11 is 0. The maximum Gasteiger partial charge on any atom is 0.0142 e. The number of nitrogens with two attached hydrogens (primary N) is 1. The summed E-state index contributed by atoms with van der Waals surface area (Å²) in [5, 5.41) is 0. The van der Waals surface area contributed by atoms with Crippen molar-refractivity contribution in [1.82, 2.24) is 0 Å². The van der Waals surface area contributed by atoms with Gasteiger partial charge in [-0.15, -0.1) is 0 Å². The lowest BCUT2D eigenvalue weighted by atomic mass is 9.83. The van der Waals surface area contributed by atoms with Gasteiger partial charge >= 0.3 is 0 Å². The summed E-state index contributed by atoms with van der Waals surface area (Å²) in [5.41, 5.74) is 9.98. The molecule has 1 heteroatoms. The molecule has 0 amide bonds. The van der Waals surface area contributed by atoms with E-state index < -0.39 is 0 Å². The molecule has 0 saturated heterocycles. The fraction of sp³-hybridized carbons (Fsp3) is 0.500. The average molecular weight is 229 g/mol. The minimum atomic E-state index is 0.707. The molecule has 17 heavy (non-hydrogen) atoms. The standard InChI is InChI=1S/C16H23N/c1-13-6-5-7-14(10-13)11-16(12-17)15-8-3-2-4-9-15/h5-7,10-11,15H,2-4,8-9,12,17H2,1H3. The van der Waals surface area contributed by atoms with Gasteiger partial charge in [0.25, 0.3) is 0 Å². The molecule has 0 heterocycles. The average Bonchev–Trinajstić information content (AvgIpc) is 2.37. The predicted molar refractivity (Wildman–Crippen MR) is 74.8 cm³/mol. The van der Waals surface area contributed by atoms with Gasteiger partial charge in [0, 0.05) is 6.54 Å². The fourth-order valence-electron chi connectivity index (χ4n) is 2.79. The van der Waals surface area contributed by atoms with E-state index >= 15 is 0 Å². The predicted octanol–water partition coefficient (Wildman–Crippen LogP) is 3.92. The van der Waals surface area contributed by atoms with Crippen molar-refractivity contribution in [2.45, 2.75) is 39.0 Å². The molecule has 2 rings (SSSR count). The van der Waals surface area contributed by atoms with Gasteiger partial charge in [0.15, 0.2) is 0 Å². The first-order valence-electron chi connectivity index (χ1n) is 6.77. The van der Waals surface area contributed by atoms with Crippen molar-refractivity contribution in [3.63, 3.8) is 0 Å². The van der Waals surface area contributed by atoms with Gasteiger partial charge in [0.1, 0.15) is 0 Å². The summed E-state index contributed by atoms with van der Waals surface area (Å²) < 4.78 is 0. The Hall–Kier alpha value is -1.08. The third-order valence-corrected chi connectivity index (χ3v) is 3.76. The maximum absolute atomic E-state index is 5.92. The smallest absolute Gasteiger partial charge is 0.0142 e. The molecule has 1 aliphatic rings. The normalized spacial score (nSPS) is 18.4. The van der Waals surface area contributed by atoms with Crippen LogP contribution in [0.15, 0.2) is 29.8 Å². The fourth-order valence-corrected chi connectivity index (χ4v) is 2.79. The second-order valence-electron chi connectivity index (χ2n) is 5.17. The Bertz CT molecular complexity index is 386. The van der Waals surface area contributed by atoms with Crippen LogP contribution in [0.1, 0.15) is 43.2 Å². The van der Waals surface area contributed by atoms with E-state index in [2.05, 4.69) is 37.3 Å². The van der Waals surface area contributed by atoms with E-state index in [4.69, 9.17) is 5.73 Å². The molecule has 1 fully saturated rings. The molecule has 0 atom stereocenters. The van der Waals surface area contributed by atoms with Crippen molar-refractivity contribution in [3.05, 3.63) is 41.0 Å². The van der Waals surface area contributed by atoms with Gasteiger partial charge in [-0.1, -0.05) is 60.7 Å². The van der Waals surface area contributed by atoms with Crippen LogP contribution in [-0.4, -0.2) is 6.54 Å². The summed E-state index contributed by atoms with van der Waals surface area (Å²) in [6.45, 7) is 2.85. The summed E-state index contributed by atoms with van der Waals surface area (Å²) in [4.78, 5) is 0. The van der Waals surface area contributed by atoms with Gasteiger partial charge in [0.05, 0.1) is 0 Å². The highest BCUT2D eigenvalue weighted by atomic mass is 14.5. The Balaban J connectivity index is 2.16. The Morgan fingerprint density at radius 3 is 2.71 bits per heavy atom. The first kappa shape index (κ1) is 12.4. The molecule has 0 aliphatic heterocycles. The van der Waals surface area contributed by atoms with E-state index in [0.717, 1.165) is 5.92 Å². The molecule has 1 aliphatic carbocycles. The summed E-state index contributed by atoms with van der Waals surface area (Å²) in [6.07, 6.45) is 9.11. The van der Waals surface area contributed by atoms with Crippen molar-refractivity contribution < 1.29 is 0 Å². The van der Waals surface area contributed by atoms with E-state index in [1.807, 2.05) is 0 Å². The van der Waals surface area contributed by atoms with Crippen LogP contribution in [0.5, 0.6) is 0 Å². The highest BCUT2D eigenvalue weighted by molar-refractivity contribution is 5.54. The molecule has 2 N–H and O–H groups in total. The van der Waals surface area contributed by atoms with Gasteiger partial charge in [-0.2, -0.15) is 0 Å². The van der Waals surface area contributed by atoms with E-state index in [1.165, 1.54) is 48.8 Å². The molecule has 92 valence electrons. The lowest BCUT2D eigenvalue weighted by Gasteiger charge is -2.24. The number of rotatable bonds is 3. The van der Waals surface area contributed by atoms with Crippen LogP contribution in [-0.2, 0) is 0 Å². The molecule has 0 radical (unpaired) electrons. The quantitative estimate of drug-likeness (QED) is 0.835. The summed E-state index contributed by atoms with van der Waals surface area (Å²) in [5.74, 6) is 0.731. The van der Waals surface area contributed by atoms with Crippen molar-refractivity contribution >= 4 is 6.08 Å². The van der Waals surface area contributed by atoms with Crippen LogP contribution in [0.2, 0.25) is 0 Å². The van der Waals surface area contributed by atoms with Crippen molar-refractivity contribution in [2.24, 2.45) is 11.7 Å². The monoisotopic (exact) mass is 229 g/mol. The molecule has 0 bridgehead atoms.